The summed E-state index contributed by atoms with van der Waals surface area (Å²) < 4.78 is 5.34. The molecule has 2 heterocycles. The average Bonchev–Trinajstić information content (AvgIpc) is 2.68. The quantitative estimate of drug-likeness (QED) is 0.843. The number of hydrogen-bond acceptors (Lipinski definition) is 4. The lowest BCUT2D eigenvalue weighted by atomic mass is 9.92. The van der Waals surface area contributed by atoms with Gasteiger partial charge in [-0.2, -0.15) is 0 Å². The maximum atomic E-state index is 12.8. The number of benzene rings is 1. The molecule has 0 bridgehead atoms. The molecule has 0 spiro atoms. The van der Waals surface area contributed by atoms with Gasteiger partial charge in [-0.25, -0.2) is 0 Å². The molecule has 0 radical (unpaired) electrons. The summed E-state index contributed by atoms with van der Waals surface area (Å²) in [6.45, 7) is 11.2. The zero-order valence-corrected chi connectivity index (χ0v) is 16.7. The van der Waals surface area contributed by atoms with E-state index in [1.165, 1.54) is 11.1 Å². The highest BCUT2D eigenvalue weighted by Gasteiger charge is 2.20. The van der Waals surface area contributed by atoms with Crippen molar-refractivity contribution >= 4 is 17.3 Å². The third-order valence-corrected chi connectivity index (χ3v) is 4.93. The summed E-state index contributed by atoms with van der Waals surface area (Å²) in [4.78, 5) is 18.9. The van der Waals surface area contributed by atoms with Gasteiger partial charge in [0.25, 0.3) is 5.91 Å². The number of nitrogens with one attached hydrogen (secondary N) is 1. The largest absolute Gasteiger partial charge is 0.378 e. The van der Waals surface area contributed by atoms with Crippen molar-refractivity contribution in [2.45, 2.75) is 39.5 Å². The Kier molecular flexibility index (Phi) is 6.11. The molecule has 27 heavy (non-hydrogen) atoms. The van der Waals surface area contributed by atoms with E-state index in [0.29, 0.717) is 43.7 Å². The molecular formula is C22H29N3O2. The first kappa shape index (κ1) is 19.4. The Balaban J connectivity index is 1.89. The third-order valence-electron chi connectivity index (χ3n) is 4.93. The smallest absolute Gasteiger partial charge is 0.255 e. The van der Waals surface area contributed by atoms with Gasteiger partial charge in [-0.3, -0.25) is 9.78 Å². The fourth-order valence-electron chi connectivity index (χ4n) is 3.41. The molecule has 1 N–H and O–H groups in total. The van der Waals surface area contributed by atoms with E-state index in [1.54, 1.807) is 12.4 Å². The summed E-state index contributed by atoms with van der Waals surface area (Å²) in [6, 6.07) is 8.34. The Morgan fingerprint density at radius 1 is 1.07 bits per heavy atom. The normalized spacial score (nSPS) is 14.7. The number of pyridine rings is 1. The molecule has 1 aromatic heterocycles. The first-order valence-electron chi connectivity index (χ1n) is 9.69. The van der Waals surface area contributed by atoms with Gasteiger partial charge in [0, 0.05) is 25.0 Å². The second-order valence-corrected chi connectivity index (χ2v) is 7.61. The highest BCUT2D eigenvalue weighted by atomic mass is 16.5. The molecule has 0 unspecified atom stereocenters. The van der Waals surface area contributed by atoms with Crippen LogP contribution in [0.1, 0.15) is 61.0 Å². The highest BCUT2D eigenvalue weighted by Crippen LogP contribution is 2.34. The van der Waals surface area contributed by atoms with Crippen molar-refractivity contribution in [3.8, 4) is 0 Å². The van der Waals surface area contributed by atoms with Crippen LogP contribution in [0.5, 0.6) is 0 Å². The Morgan fingerprint density at radius 3 is 2.30 bits per heavy atom. The fraction of sp³-hybridized carbons (Fsp3) is 0.455. The van der Waals surface area contributed by atoms with Gasteiger partial charge in [0.1, 0.15) is 0 Å². The summed E-state index contributed by atoms with van der Waals surface area (Å²) >= 11 is 0. The summed E-state index contributed by atoms with van der Waals surface area (Å²) in [5, 5.41) is 3.54. The van der Waals surface area contributed by atoms with E-state index in [9.17, 15) is 4.79 Å². The molecule has 2 aromatic rings. The van der Waals surface area contributed by atoms with Gasteiger partial charge >= 0.3 is 0 Å². The summed E-state index contributed by atoms with van der Waals surface area (Å²) in [5.41, 5.74) is 5.11. The molecule has 1 aliphatic rings. The van der Waals surface area contributed by atoms with E-state index in [-0.39, 0.29) is 5.91 Å². The van der Waals surface area contributed by atoms with Crippen molar-refractivity contribution in [1.29, 1.82) is 0 Å². The molecule has 5 nitrogen and oxygen atoms in total. The summed E-state index contributed by atoms with van der Waals surface area (Å²) in [6.07, 6.45) is 3.41. The minimum absolute atomic E-state index is 0.00989. The van der Waals surface area contributed by atoms with Gasteiger partial charge in [-0.1, -0.05) is 45.9 Å². The number of nitrogens with zero attached hydrogens (tertiary/aromatic N) is 2. The van der Waals surface area contributed by atoms with Gasteiger partial charge in [0.05, 0.1) is 30.7 Å². The van der Waals surface area contributed by atoms with Crippen LogP contribution < -0.4 is 5.32 Å². The van der Waals surface area contributed by atoms with Gasteiger partial charge in [0.15, 0.2) is 0 Å². The predicted molar refractivity (Wildman–Crippen MR) is 109 cm³/mol. The van der Waals surface area contributed by atoms with Crippen LogP contribution in [0.3, 0.4) is 0 Å². The summed E-state index contributed by atoms with van der Waals surface area (Å²) in [7, 11) is 0. The lowest BCUT2D eigenvalue weighted by molar-refractivity contribution is 0.0302. The van der Waals surface area contributed by atoms with Crippen molar-refractivity contribution in [1.82, 2.24) is 9.88 Å². The zero-order valence-electron chi connectivity index (χ0n) is 16.7. The Hall–Kier alpha value is -2.40. The fourth-order valence-corrected chi connectivity index (χ4v) is 3.41. The van der Waals surface area contributed by atoms with Crippen LogP contribution in [0.4, 0.5) is 11.4 Å². The van der Waals surface area contributed by atoms with E-state index in [2.05, 4.69) is 56.2 Å². The molecule has 0 saturated carbocycles. The lowest BCUT2D eigenvalue weighted by Crippen LogP contribution is -2.40. The van der Waals surface area contributed by atoms with Crippen molar-refractivity contribution in [3.05, 3.63) is 53.3 Å². The monoisotopic (exact) mass is 367 g/mol. The lowest BCUT2D eigenvalue weighted by Gasteiger charge is -2.27. The van der Waals surface area contributed by atoms with Crippen LogP contribution in [0.2, 0.25) is 0 Å². The number of anilines is 2. The zero-order chi connectivity index (χ0) is 19.4. The molecule has 0 aliphatic carbocycles. The molecule has 0 atom stereocenters. The van der Waals surface area contributed by atoms with Crippen LogP contribution in [0.25, 0.3) is 0 Å². The van der Waals surface area contributed by atoms with Gasteiger partial charge < -0.3 is 15.0 Å². The maximum absolute atomic E-state index is 12.8. The Morgan fingerprint density at radius 2 is 1.70 bits per heavy atom. The number of amides is 1. The number of aromatic nitrogens is 1. The molecule has 1 aliphatic heterocycles. The van der Waals surface area contributed by atoms with Gasteiger partial charge in [0.2, 0.25) is 0 Å². The predicted octanol–water partition coefficient (Wildman–Crippen LogP) is 4.54. The second-order valence-electron chi connectivity index (χ2n) is 7.61. The summed E-state index contributed by atoms with van der Waals surface area (Å²) in [5.74, 6) is 0.810. The van der Waals surface area contributed by atoms with Crippen LogP contribution in [0.15, 0.2) is 36.7 Å². The molecule has 1 aromatic carbocycles. The second kappa shape index (κ2) is 8.53. The van der Waals surface area contributed by atoms with Crippen LogP contribution in [-0.4, -0.2) is 42.1 Å². The molecule has 5 heteroatoms. The minimum Gasteiger partial charge on any atom is -0.378 e. The number of hydrogen-bond donors (Lipinski definition) is 1. The van der Waals surface area contributed by atoms with Crippen LogP contribution >= 0.6 is 0 Å². The average molecular weight is 367 g/mol. The van der Waals surface area contributed by atoms with E-state index in [4.69, 9.17) is 4.74 Å². The van der Waals surface area contributed by atoms with Crippen molar-refractivity contribution in [2.75, 3.05) is 31.6 Å². The highest BCUT2D eigenvalue weighted by molar-refractivity contribution is 5.95. The number of ether oxygens (including phenoxy) is 1. The van der Waals surface area contributed by atoms with E-state index >= 15 is 0 Å². The molecule has 1 fully saturated rings. The van der Waals surface area contributed by atoms with E-state index in [0.717, 1.165) is 11.4 Å². The van der Waals surface area contributed by atoms with Crippen LogP contribution in [-0.2, 0) is 4.74 Å². The standard InChI is InChI=1S/C22H29N3O2/c1-15(2)19-6-5-7-20(16(3)4)21(19)24-18-12-17(13-23-14-18)22(26)25-8-10-27-11-9-25/h5-7,12-16,24H,8-11H2,1-4H3. The molecule has 3 rings (SSSR count). The SMILES string of the molecule is CC(C)c1cccc(C(C)C)c1Nc1cncc(C(=O)N2CCOCC2)c1. The van der Waals surface area contributed by atoms with Crippen molar-refractivity contribution in [3.63, 3.8) is 0 Å². The van der Waals surface area contributed by atoms with Crippen molar-refractivity contribution in [2.24, 2.45) is 0 Å². The maximum Gasteiger partial charge on any atom is 0.255 e. The van der Waals surface area contributed by atoms with Crippen LogP contribution in [0, 0.1) is 0 Å². The Labute approximate surface area is 161 Å². The number of carbonyl (C=O) groups excluding carboxylic acids is 1. The number of rotatable bonds is 5. The first-order valence-corrected chi connectivity index (χ1v) is 9.69. The minimum atomic E-state index is 0.00989. The third kappa shape index (κ3) is 4.48. The first-order chi connectivity index (χ1) is 13.0. The number of carbonyl (C=O) groups is 1. The molecule has 144 valence electrons. The number of para-hydroxylation sites is 1. The molecule has 1 saturated heterocycles. The van der Waals surface area contributed by atoms with E-state index < -0.39 is 0 Å². The molecule has 1 amide bonds. The molecular weight excluding hydrogens is 338 g/mol. The van der Waals surface area contributed by atoms with Gasteiger partial charge in [-0.15, -0.1) is 0 Å². The van der Waals surface area contributed by atoms with Gasteiger partial charge in [-0.05, 0) is 29.0 Å². The van der Waals surface area contributed by atoms with Crippen molar-refractivity contribution < 1.29 is 9.53 Å². The van der Waals surface area contributed by atoms with E-state index in [1.807, 2.05) is 11.0 Å². The topological polar surface area (TPSA) is 54.5 Å². The number of morpholine rings is 1. The Bertz CT molecular complexity index is 770.